The highest BCUT2D eigenvalue weighted by Crippen LogP contribution is 2.61. The Morgan fingerprint density at radius 3 is 2.29 bits per heavy atom. The Balaban J connectivity index is 1.82. The Hall–Kier alpha value is -2.11. The molecule has 3 aliphatic rings. The van der Waals surface area contributed by atoms with Gasteiger partial charge in [-0.05, 0) is 18.3 Å². The molecule has 0 aliphatic heterocycles. The second kappa shape index (κ2) is 5.02. The van der Waals surface area contributed by atoms with Crippen LogP contribution in [0.4, 0.5) is 0 Å². The molecule has 6 nitrogen and oxygen atoms in total. The first kappa shape index (κ1) is 13.9. The summed E-state index contributed by atoms with van der Waals surface area (Å²) >= 11 is 0. The topological polar surface area (TPSA) is 81.7 Å². The van der Waals surface area contributed by atoms with E-state index in [2.05, 4.69) is 22.2 Å². The maximum atomic E-state index is 12.3. The predicted octanol–water partition coefficient (Wildman–Crippen LogP) is 0.197. The number of amides is 1. The van der Waals surface area contributed by atoms with Crippen LogP contribution >= 0.6 is 0 Å². The third-order valence-electron chi connectivity index (χ3n) is 4.69. The summed E-state index contributed by atoms with van der Waals surface area (Å²) in [5.74, 6) is -0.535. The van der Waals surface area contributed by atoms with E-state index < -0.39 is 11.9 Å². The van der Waals surface area contributed by atoms with Crippen LogP contribution in [-0.4, -0.2) is 38.6 Å². The minimum absolute atomic E-state index is 0.0757. The van der Waals surface area contributed by atoms with Gasteiger partial charge in [-0.2, -0.15) is 0 Å². The van der Waals surface area contributed by atoms with Gasteiger partial charge in [0.25, 0.3) is 0 Å². The van der Waals surface area contributed by atoms with Gasteiger partial charge in [-0.3, -0.25) is 9.59 Å². The molecule has 112 valence electrons. The van der Waals surface area contributed by atoms with Gasteiger partial charge in [-0.25, -0.2) is 4.79 Å². The van der Waals surface area contributed by atoms with Crippen molar-refractivity contribution < 1.29 is 23.9 Å². The maximum Gasteiger partial charge on any atom is 0.334 e. The number of fused-ring (bicyclic) bond motifs is 5. The van der Waals surface area contributed by atoms with Crippen LogP contribution in [0.25, 0.3) is 0 Å². The van der Waals surface area contributed by atoms with Crippen molar-refractivity contribution >= 4 is 17.8 Å². The van der Waals surface area contributed by atoms with Crippen molar-refractivity contribution in [3.63, 3.8) is 0 Å². The largest absolute Gasteiger partial charge is 0.468 e. The fourth-order valence-electron chi connectivity index (χ4n) is 3.82. The van der Waals surface area contributed by atoms with Crippen LogP contribution in [0.3, 0.4) is 0 Å². The van der Waals surface area contributed by atoms with Crippen LogP contribution < -0.4 is 5.32 Å². The summed E-state index contributed by atoms with van der Waals surface area (Å²) in [6.07, 6.45) is 5.22. The number of hydrogen-bond donors (Lipinski definition) is 1. The molecule has 0 saturated heterocycles. The van der Waals surface area contributed by atoms with Gasteiger partial charge in [0.2, 0.25) is 5.91 Å². The average molecular weight is 291 g/mol. The molecule has 6 heteroatoms. The van der Waals surface area contributed by atoms with Crippen LogP contribution in [0.1, 0.15) is 6.42 Å². The Morgan fingerprint density at radius 1 is 1.10 bits per heavy atom. The van der Waals surface area contributed by atoms with Crippen molar-refractivity contribution in [3.05, 3.63) is 23.3 Å². The minimum Gasteiger partial charge on any atom is -0.468 e. The molecule has 3 rings (SSSR count). The zero-order chi connectivity index (χ0) is 15.1. The molecule has 21 heavy (non-hydrogen) atoms. The maximum absolute atomic E-state index is 12.3. The lowest BCUT2D eigenvalue weighted by atomic mass is 9.62. The van der Waals surface area contributed by atoms with Crippen molar-refractivity contribution in [2.24, 2.45) is 23.7 Å². The second-order valence-corrected chi connectivity index (χ2v) is 5.58. The van der Waals surface area contributed by atoms with Gasteiger partial charge in [0.15, 0.2) is 0 Å². The van der Waals surface area contributed by atoms with E-state index in [0.717, 1.165) is 6.42 Å². The predicted molar refractivity (Wildman–Crippen MR) is 71.8 cm³/mol. The average Bonchev–Trinajstić information content (AvgIpc) is 3.02. The summed E-state index contributed by atoms with van der Waals surface area (Å²) in [6.45, 7) is -0.200. The highest BCUT2D eigenvalue weighted by atomic mass is 16.5. The SMILES string of the molecule is COC(=O)CNC(=O)C1=C(C(=O)OC)[C@H]2[C@@H]1[C@@H]1C=C[C@H]2C1. The van der Waals surface area contributed by atoms with Crippen molar-refractivity contribution in [2.45, 2.75) is 6.42 Å². The number of rotatable bonds is 4. The lowest BCUT2D eigenvalue weighted by molar-refractivity contribution is -0.141. The molecule has 0 radical (unpaired) electrons. The molecule has 1 amide bonds. The van der Waals surface area contributed by atoms with Crippen molar-refractivity contribution in [3.8, 4) is 0 Å². The lowest BCUT2D eigenvalue weighted by Gasteiger charge is -2.40. The molecule has 3 aliphatic carbocycles. The third-order valence-corrected chi connectivity index (χ3v) is 4.69. The van der Waals surface area contributed by atoms with Crippen LogP contribution in [0.5, 0.6) is 0 Å². The summed E-state index contributed by atoms with van der Waals surface area (Å²) in [5, 5.41) is 2.51. The smallest absolute Gasteiger partial charge is 0.334 e. The summed E-state index contributed by atoms with van der Waals surface area (Å²) < 4.78 is 9.30. The first-order chi connectivity index (χ1) is 10.1. The molecule has 0 aromatic heterocycles. The van der Waals surface area contributed by atoms with Crippen molar-refractivity contribution in [1.29, 1.82) is 0 Å². The van der Waals surface area contributed by atoms with Gasteiger partial charge in [-0.1, -0.05) is 12.2 Å². The number of allylic oxidation sites excluding steroid dienone is 2. The van der Waals surface area contributed by atoms with Gasteiger partial charge >= 0.3 is 11.9 Å². The molecule has 0 aromatic rings. The summed E-state index contributed by atoms with van der Waals surface area (Å²) in [7, 11) is 2.57. The Labute approximate surface area is 122 Å². The number of nitrogens with one attached hydrogen (secondary N) is 1. The quantitative estimate of drug-likeness (QED) is 0.591. The minimum atomic E-state index is -0.521. The van der Waals surface area contributed by atoms with E-state index >= 15 is 0 Å². The summed E-state index contributed by atoms with van der Waals surface area (Å²) in [4.78, 5) is 35.3. The van der Waals surface area contributed by atoms with E-state index in [0.29, 0.717) is 23.0 Å². The highest BCUT2D eigenvalue weighted by Gasteiger charge is 2.58. The zero-order valence-electron chi connectivity index (χ0n) is 11.9. The van der Waals surface area contributed by atoms with Crippen LogP contribution in [0.2, 0.25) is 0 Å². The van der Waals surface area contributed by atoms with Crippen LogP contribution in [-0.2, 0) is 23.9 Å². The fourth-order valence-corrected chi connectivity index (χ4v) is 3.82. The Bertz CT molecular complexity index is 577. The van der Waals surface area contributed by atoms with E-state index in [-0.39, 0.29) is 24.3 Å². The van der Waals surface area contributed by atoms with E-state index in [9.17, 15) is 14.4 Å². The number of carbonyl (C=O) groups excluding carboxylic acids is 3. The molecule has 1 N–H and O–H groups in total. The number of ether oxygens (including phenoxy) is 2. The molecular weight excluding hydrogens is 274 g/mol. The van der Waals surface area contributed by atoms with E-state index in [1.165, 1.54) is 14.2 Å². The summed E-state index contributed by atoms with van der Waals surface area (Å²) in [5.41, 5.74) is 0.953. The van der Waals surface area contributed by atoms with Crippen LogP contribution in [0.15, 0.2) is 23.3 Å². The molecular formula is C15H17NO5. The molecule has 0 spiro atoms. The molecule has 0 aromatic carbocycles. The number of carbonyl (C=O) groups is 3. The molecule has 0 unspecified atom stereocenters. The zero-order valence-corrected chi connectivity index (χ0v) is 11.9. The lowest BCUT2D eigenvalue weighted by Crippen LogP contribution is -2.45. The molecule has 4 atom stereocenters. The number of methoxy groups -OCH3 is 2. The fraction of sp³-hybridized carbons (Fsp3) is 0.533. The highest BCUT2D eigenvalue weighted by molar-refractivity contribution is 6.07. The number of esters is 2. The standard InChI is InChI=1S/C15H17NO5/c1-20-9(17)6-16-14(18)12-10-7-3-4-8(5-7)11(10)13(12)15(19)21-2/h3-4,7-8,10-11H,5-6H2,1-2H3,(H,16,18)/t7-,8+,10+,11-/m1/s1. The van der Waals surface area contributed by atoms with E-state index in [4.69, 9.17) is 4.74 Å². The van der Waals surface area contributed by atoms with Gasteiger partial charge in [0.05, 0.1) is 19.8 Å². The van der Waals surface area contributed by atoms with E-state index in [1.807, 2.05) is 0 Å². The third kappa shape index (κ3) is 1.97. The molecule has 0 heterocycles. The van der Waals surface area contributed by atoms with E-state index in [1.54, 1.807) is 0 Å². The molecule has 2 bridgehead atoms. The first-order valence-corrected chi connectivity index (χ1v) is 6.94. The first-order valence-electron chi connectivity index (χ1n) is 6.94. The number of hydrogen-bond acceptors (Lipinski definition) is 5. The Kier molecular flexibility index (Phi) is 3.31. The second-order valence-electron chi connectivity index (χ2n) is 5.58. The van der Waals surface area contributed by atoms with Gasteiger partial charge in [-0.15, -0.1) is 0 Å². The normalized spacial score (nSPS) is 31.5. The van der Waals surface area contributed by atoms with Crippen molar-refractivity contribution in [1.82, 2.24) is 5.32 Å². The van der Waals surface area contributed by atoms with Crippen molar-refractivity contribution in [2.75, 3.05) is 20.8 Å². The van der Waals surface area contributed by atoms with Crippen LogP contribution in [0, 0.1) is 23.7 Å². The van der Waals surface area contributed by atoms with Gasteiger partial charge < -0.3 is 14.8 Å². The monoisotopic (exact) mass is 291 g/mol. The molecule has 1 saturated carbocycles. The van der Waals surface area contributed by atoms with Gasteiger partial charge in [0.1, 0.15) is 6.54 Å². The van der Waals surface area contributed by atoms with Gasteiger partial charge in [0, 0.05) is 17.4 Å². The summed E-state index contributed by atoms with van der Waals surface area (Å²) in [6, 6.07) is 0. The molecule has 1 fully saturated rings. The Morgan fingerprint density at radius 2 is 1.71 bits per heavy atom.